The number of hydrogen-bond donors (Lipinski definition) is 0. The van der Waals surface area contributed by atoms with E-state index >= 15 is 0 Å². The average molecular weight is 486 g/mol. The van der Waals surface area contributed by atoms with Crippen molar-refractivity contribution in [2.45, 2.75) is 58.0 Å². The summed E-state index contributed by atoms with van der Waals surface area (Å²) in [7, 11) is 0. The fraction of sp³-hybridized carbons (Fsp3) is 0.480. The minimum Gasteiger partial charge on any atom is -0.493 e. The molecule has 0 heterocycles. The quantitative estimate of drug-likeness (QED) is 0.123. The molecule has 2 aromatic carbocycles. The van der Waals surface area contributed by atoms with Crippen molar-refractivity contribution in [3.63, 3.8) is 0 Å². The molecule has 1 aliphatic rings. The van der Waals surface area contributed by atoms with Crippen molar-refractivity contribution in [1.29, 1.82) is 0 Å². The van der Waals surface area contributed by atoms with Crippen LogP contribution in [0.15, 0.2) is 24.3 Å². The molecule has 9 heteroatoms. The Kier molecular flexibility index (Phi) is 9.27. The first-order valence-corrected chi connectivity index (χ1v) is 11.4. The molecular formula is C25H27F5O4. The summed E-state index contributed by atoms with van der Waals surface area (Å²) in [6.45, 7) is 3.16. The summed E-state index contributed by atoms with van der Waals surface area (Å²) in [6.07, 6.45) is 7.13. The van der Waals surface area contributed by atoms with Crippen LogP contribution < -0.4 is 9.47 Å². The van der Waals surface area contributed by atoms with Gasteiger partial charge in [0, 0.05) is 30.9 Å². The summed E-state index contributed by atoms with van der Waals surface area (Å²) >= 11 is 0. The molecule has 0 saturated heterocycles. The molecule has 0 aromatic heterocycles. The molecule has 0 atom stereocenters. The number of rotatable bonds is 10. The van der Waals surface area contributed by atoms with E-state index in [1.807, 2.05) is 0 Å². The van der Waals surface area contributed by atoms with Gasteiger partial charge in [0.05, 0.1) is 12.7 Å². The number of halogens is 5. The van der Waals surface area contributed by atoms with Crippen molar-refractivity contribution < 1.29 is 41.0 Å². The first-order valence-electron chi connectivity index (χ1n) is 11.4. The third-order valence-electron chi connectivity index (χ3n) is 5.77. The predicted molar refractivity (Wildman–Crippen MR) is 114 cm³/mol. The van der Waals surface area contributed by atoms with Crippen molar-refractivity contribution in [2.24, 2.45) is 5.92 Å². The second-order valence-corrected chi connectivity index (χ2v) is 8.38. The molecule has 0 bridgehead atoms. The van der Waals surface area contributed by atoms with Crippen molar-refractivity contribution in [1.82, 2.24) is 0 Å². The predicted octanol–water partition coefficient (Wildman–Crippen LogP) is 6.75. The van der Waals surface area contributed by atoms with Gasteiger partial charge >= 0.3 is 5.97 Å². The minimum absolute atomic E-state index is 0.0941. The van der Waals surface area contributed by atoms with E-state index in [0.717, 1.165) is 63.7 Å². The van der Waals surface area contributed by atoms with E-state index in [9.17, 15) is 26.7 Å². The molecule has 0 spiro atoms. The van der Waals surface area contributed by atoms with Gasteiger partial charge in [-0.3, -0.25) is 0 Å². The summed E-state index contributed by atoms with van der Waals surface area (Å²) in [5, 5.41) is 0. The molecule has 1 saturated carbocycles. The van der Waals surface area contributed by atoms with Gasteiger partial charge in [0.25, 0.3) is 0 Å². The molecule has 0 amide bonds. The number of esters is 1. The van der Waals surface area contributed by atoms with Gasteiger partial charge < -0.3 is 14.2 Å². The Morgan fingerprint density at radius 3 is 2.03 bits per heavy atom. The lowest BCUT2D eigenvalue weighted by Gasteiger charge is -2.28. The Morgan fingerprint density at radius 2 is 1.44 bits per heavy atom. The van der Waals surface area contributed by atoms with E-state index in [2.05, 4.69) is 11.7 Å². The lowest BCUT2D eigenvalue weighted by Crippen LogP contribution is -2.25. The number of ether oxygens (including phenoxy) is 3. The molecular weight excluding hydrogens is 459 g/mol. The maximum Gasteiger partial charge on any atom is 0.349 e. The molecule has 4 nitrogen and oxygen atoms in total. The SMILES string of the molecule is CCCCCOC1CCC(COc2cc(F)c(C(=O)Oc3cc(F)c(F)c(F)c3)c(F)c2)CC1. The summed E-state index contributed by atoms with van der Waals surface area (Å²) in [4.78, 5) is 12.1. The van der Waals surface area contributed by atoms with Crippen LogP contribution in [0.4, 0.5) is 22.0 Å². The van der Waals surface area contributed by atoms with E-state index in [1.165, 1.54) is 0 Å². The molecule has 0 radical (unpaired) electrons. The maximum atomic E-state index is 14.4. The maximum absolute atomic E-state index is 14.4. The zero-order valence-corrected chi connectivity index (χ0v) is 18.9. The lowest BCUT2D eigenvalue weighted by atomic mass is 9.88. The van der Waals surface area contributed by atoms with Crippen LogP contribution in [0.2, 0.25) is 0 Å². The molecule has 1 fully saturated rings. The highest BCUT2D eigenvalue weighted by Crippen LogP contribution is 2.29. The summed E-state index contributed by atoms with van der Waals surface area (Å²) in [6, 6.07) is 2.48. The van der Waals surface area contributed by atoms with Gasteiger partial charge in [0.15, 0.2) is 17.5 Å². The number of hydrogen-bond acceptors (Lipinski definition) is 4. The minimum atomic E-state index is -1.76. The number of carbonyl (C=O) groups is 1. The monoisotopic (exact) mass is 486 g/mol. The van der Waals surface area contributed by atoms with Gasteiger partial charge in [-0.15, -0.1) is 0 Å². The van der Waals surface area contributed by atoms with Gasteiger partial charge in [-0.05, 0) is 38.0 Å². The number of benzene rings is 2. The Hall–Kier alpha value is -2.68. The Balaban J connectivity index is 1.53. The van der Waals surface area contributed by atoms with Gasteiger partial charge in [0.1, 0.15) is 28.7 Å². The zero-order chi connectivity index (χ0) is 24.7. The van der Waals surface area contributed by atoms with Crippen molar-refractivity contribution in [3.05, 3.63) is 58.9 Å². The summed E-state index contributed by atoms with van der Waals surface area (Å²) in [5.41, 5.74) is -1.06. The van der Waals surface area contributed by atoms with Crippen LogP contribution in [0, 0.1) is 35.0 Å². The second-order valence-electron chi connectivity index (χ2n) is 8.38. The van der Waals surface area contributed by atoms with Crippen LogP contribution in [0.5, 0.6) is 11.5 Å². The van der Waals surface area contributed by atoms with Crippen molar-refractivity contribution >= 4 is 5.97 Å². The third kappa shape index (κ3) is 6.91. The molecule has 34 heavy (non-hydrogen) atoms. The Morgan fingerprint density at radius 1 is 0.853 bits per heavy atom. The highest BCUT2D eigenvalue weighted by atomic mass is 19.2. The number of unbranched alkanes of at least 4 members (excludes halogenated alkanes) is 2. The molecule has 1 aliphatic carbocycles. The normalized spacial score (nSPS) is 18.1. The van der Waals surface area contributed by atoms with Gasteiger partial charge in [-0.25, -0.2) is 26.7 Å². The molecule has 0 N–H and O–H groups in total. The van der Waals surface area contributed by atoms with Gasteiger partial charge in [-0.2, -0.15) is 0 Å². The molecule has 3 rings (SSSR count). The van der Waals surface area contributed by atoms with Crippen LogP contribution >= 0.6 is 0 Å². The van der Waals surface area contributed by atoms with Crippen LogP contribution in [-0.2, 0) is 4.74 Å². The smallest absolute Gasteiger partial charge is 0.349 e. The summed E-state index contributed by atoms with van der Waals surface area (Å²) in [5.74, 6) is -9.62. The summed E-state index contributed by atoms with van der Waals surface area (Å²) < 4.78 is 84.4. The van der Waals surface area contributed by atoms with E-state index in [-0.39, 0.29) is 24.4 Å². The van der Waals surface area contributed by atoms with Crippen LogP contribution in [-0.4, -0.2) is 25.3 Å². The van der Waals surface area contributed by atoms with Crippen LogP contribution in [0.25, 0.3) is 0 Å². The standard InChI is InChI=1S/C25H27F5O4/c1-2-3-4-9-32-16-7-5-15(6-8-16)14-33-17-10-19(26)23(20(27)11-17)25(31)34-18-12-21(28)24(30)22(29)13-18/h10-13,15-16H,2-9,14H2,1H3. The van der Waals surface area contributed by atoms with E-state index in [4.69, 9.17) is 9.47 Å². The Labute approximate surface area is 195 Å². The van der Waals surface area contributed by atoms with Crippen molar-refractivity contribution in [3.8, 4) is 11.5 Å². The second kappa shape index (κ2) is 12.1. The fourth-order valence-corrected chi connectivity index (χ4v) is 3.86. The fourth-order valence-electron chi connectivity index (χ4n) is 3.86. The first kappa shape index (κ1) is 25.9. The molecule has 2 aromatic rings. The van der Waals surface area contributed by atoms with Crippen LogP contribution in [0.1, 0.15) is 62.2 Å². The molecule has 0 aliphatic heterocycles. The Bertz CT molecular complexity index is 943. The van der Waals surface area contributed by atoms with Gasteiger partial charge in [-0.1, -0.05) is 19.8 Å². The lowest BCUT2D eigenvalue weighted by molar-refractivity contribution is 0.0112. The third-order valence-corrected chi connectivity index (χ3v) is 5.77. The zero-order valence-electron chi connectivity index (χ0n) is 18.9. The highest BCUT2D eigenvalue weighted by Gasteiger charge is 2.25. The highest BCUT2D eigenvalue weighted by molar-refractivity contribution is 5.91. The van der Waals surface area contributed by atoms with E-state index in [1.54, 1.807) is 0 Å². The average Bonchev–Trinajstić information content (AvgIpc) is 2.79. The molecule has 186 valence electrons. The van der Waals surface area contributed by atoms with Crippen LogP contribution in [0.3, 0.4) is 0 Å². The van der Waals surface area contributed by atoms with E-state index < -0.39 is 46.4 Å². The number of carbonyl (C=O) groups excluding carboxylic acids is 1. The van der Waals surface area contributed by atoms with Crippen molar-refractivity contribution in [2.75, 3.05) is 13.2 Å². The molecule has 0 unspecified atom stereocenters. The van der Waals surface area contributed by atoms with E-state index in [0.29, 0.717) is 12.1 Å². The largest absolute Gasteiger partial charge is 0.493 e. The topological polar surface area (TPSA) is 44.8 Å². The first-order chi connectivity index (χ1) is 16.3. The van der Waals surface area contributed by atoms with Gasteiger partial charge in [0.2, 0.25) is 0 Å².